The summed E-state index contributed by atoms with van der Waals surface area (Å²) in [4.78, 5) is 0. The molecular formula is C7H11F3N2O2S. The van der Waals surface area contributed by atoms with Gasteiger partial charge >= 0.3 is 6.18 Å². The zero-order chi connectivity index (χ0) is 11.4. The number of piperazine rings is 1. The predicted molar refractivity (Wildman–Crippen MR) is 46.7 cm³/mol. The summed E-state index contributed by atoms with van der Waals surface area (Å²) in [5.41, 5.74) is 0. The van der Waals surface area contributed by atoms with Gasteiger partial charge in [0.05, 0.1) is 6.26 Å². The van der Waals surface area contributed by atoms with Crippen molar-refractivity contribution in [2.75, 3.05) is 12.8 Å². The molecule has 0 radical (unpaired) electrons. The van der Waals surface area contributed by atoms with Crippen LogP contribution < -0.4 is 5.32 Å². The fourth-order valence-corrected chi connectivity index (χ4v) is 3.82. The summed E-state index contributed by atoms with van der Waals surface area (Å²) in [5.74, 6) is 0. The molecule has 2 fully saturated rings. The lowest BCUT2D eigenvalue weighted by molar-refractivity contribution is -0.174. The summed E-state index contributed by atoms with van der Waals surface area (Å²) in [5, 5.41) is 2.69. The second kappa shape index (κ2) is 3.08. The van der Waals surface area contributed by atoms with E-state index in [0.29, 0.717) is 10.8 Å². The predicted octanol–water partition coefficient (Wildman–Crippen LogP) is -0.0770. The van der Waals surface area contributed by atoms with Crippen molar-refractivity contribution < 1.29 is 21.6 Å². The van der Waals surface area contributed by atoms with Gasteiger partial charge in [-0.2, -0.15) is 17.5 Å². The molecule has 0 aliphatic carbocycles. The molecule has 0 spiro atoms. The van der Waals surface area contributed by atoms with E-state index < -0.39 is 34.3 Å². The van der Waals surface area contributed by atoms with Crippen LogP contribution in [0, 0.1) is 0 Å². The summed E-state index contributed by atoms with van der Waals surface area (Å²) < 4.78 is 61.1. The first-order valence-electron chi connectivity index (χ1n) is 4.50. The van der Waals surface area contributed by atoms with Gasteiger partial charge in [0.25, 0.3) is 0 Å². The maximum absolute atomic E-state index is 12.7. The zero-order valence-corrected chi connectivity index (χ0v) is 8.77. The van der Waals surface area contributed by atoms with E-state index >= 15 is 0 Å². The van der Waals surface area contributed by atoms with Gasteiger partial charge in [-0.3, -0.25) is 0 Å². The van der Waals surface area contributed by atoms with Gasteiger partial charge in [0.15, 0.2) is 0 Å². The Morgan fingerprint density at radius 2 is 2.00 bits per heavy atom. The monoisotopic (exact) mass is 244 g/mol. The number of alkyl halides is 3. The Morgan fingerprint density at radius 1 is 1.40 bits per heavy atom. The molecule has 88 valence electrons. The third-order valence-electron chi connectivity index (χ3n) is 2.88. The fraction of sp³-hybridized carbons (Fsp3) is 1.00. The van der Waals surface area contributed by atoms with Gasteiger partial charge in [-0.1, -0.05) is 0 Å². The first-order valence-corrected chi connectivity index (χ1v) is 6.34. The van der Waals surface area contributed by atoms with Gasteiger partial charge < -0.3 is 5.32 Å². The molecule has 2 bridgehead atoms. The minimum atomic E-state index is -4.50. The third kappa shape index (κ3) is 1.74. The number of rotatable bonds is 1. The van der Waals surface area contributed by atoms with Gasteiger partial charge in [-0.05, 0) is 6.42 Å². The van der Waals surface area contributed by atoms with Crippen LogP contribution in [0.3, 0.4) is 0 Å². The van der Waals surface area contributed by atoms with Gasteiger partial charge in [-0.25, -0.2) is 8.42 Å². The second-order valence-electron chi connectivity index (χ2n) is 3.98. The normalized spacial score (nSPS) is 37.5. The molecule has 2 saturated heterocycles. The van der Waals surface area contributed by atoms with Gasteiger partial charge in [0, 0.05) is 18.6 Å². The molecule has 3 unspecified atom stereocenters. The lowest BCUT2D eigenvalue weighted by Gasteiger charge is -2.34. The topological polar surface area (TPSA) is 49.4 Å². The molecule has 0 aromatic rings. The molecule has 3 atom stereocenters. The standard InChI is InChI=1S/C7H11F3N2O2S/c1-15(13,14)12-4-2-5(11-3-4)6(12)7(8,9)10/h4-6,11H,2-3H2,1H3. The molecule has 0 aromatic heterocycles. The molecule has 1 N–H and O–H groups in total. The molecule has 2 rings (SSSR count). The summed E-state index contributed by atoms with van der Waals surface area (Å²) in [6.45, 7) is 0.310. The average Bonchev–Trinajstić information content (AvgIpc) is 2.56. The van der Waals surface area contributed by atoms with E-state index in [2.05, 4.69) is 5.32 Å². The Hall–Kier alpha value is -0.340. The molecule has 4 nitrogen and oxygen atoms in total. The van der Waals surface area contributed by atoms with Crippen LogP contribution in [0.25, 0.3) is 0 Å². The molecular weight excluding hydrogens is 233 g/mol. The first kappa shape index (κ1) is 11.2. The average molecular weight is 244 g/mol. The molecule has 2 aliphatic heterocycles. The van der Waals surface area contributed by atoms with Crippen LogP contribution >= 0.6 is 0 Å². The number of halogens is 3. The van der Waals surface area contributed by atoms with Gasteiger partial charge in [-0.15, -0.1) is 0 Å². The maximum Gasteiger partial charge on any atom is 0.406 e. The summed E-state index contributed by atoms with van der Waals surface area (Å²) in [6, 6.07) is -3.23. The Labute approximate surface area is 85.5 Å². The Balaban J connectivity index is 2.37. The molecule has 0 amide bonds. The number of fused-ring (bicyclic) bond motifs is 2. The summed E-state index contributed by atoms with van der Waals surface area (Å²) in [6.07, 6.45) is -3.43. The molecule has 0 aromatic carbocycles. The largest absolute Gasteiger partial charge is 0.406 e. The molecule has 8 heteroatoms. The highest BCUT2D eigenvalue weighted by atomic mass is 32.2. The zero-order valence-electron chi connectivity index (χ0n) is 7.95. The van der Waals surface area contributed by atoms with E-state index in [-0.39, 0.29) is 6.42 Å². The number of hydrogen-bond donors (Lipinski definition) is 1. The van der Waals surface area contributed by atoms with Crippen molar-refractivity contribution in [3.05, 3.63) is 0 Å². The number of hydrogen-bond acceptors (Lipinski definition) is 3. The SMILES string of the molecule is CS(=O)(=O)N1C2CNC(C2)C1C(F)(F)F. The van der Waals surface area contributed by atoms with Crippen LogP contribution in [0.4, 0.5) is 13.2 Å². The van der Waals surface area contributed by atoms with E-state index in [9.17, 15) is 21.6 Å². The van der Waals surface area contributed by atoms with Crippen molar-refractivity contribution in [2.45, 2.75) is 30.7 Å². The Kier molecular flexibility index (Phi) is 2.29. The summed E-state index contributed by atoms with van der Waals surface area (Å²) in [7, 11) is -3.79. The lowest BCUT2D eigenvalue weighted by atomic mass is 10.1. The van der Waals surface area contributed by atoms with Crippen LogP contribution in [-0.4, -0.2) is 49.8 Å². The highest BCUT2D eigenvalue weighted by Gasteiger charge is 2.60. The van der Waals surface area contributed by atoms with Gasteiger partial charge in [0.1, 0.15) is 6.04 Å². The van der Waals surface area contributed by atoms with E-state index in [1.165, 1.54) is 0 Å². The maximum atomic E-state index is 12.7. The number of nitrogens with zero attached hydrogens (tertiary/aromatic N) is 1. The van der Waals surface area contributed by atoms with Gasteiger partial charge in [0.2, 0.25) is 10.0 Å². The molecule has 0 saturated carbocycles. The highest BCUT2D eigenvalue weighted by molar-refractivity contribution is 7.88. The van der Waals surface area contributed by atoms with Crippen molar-refractivity contribution in [1.82, 2.24) is 9.62 Å². The lowest BCUT2D eigenvalue weighted by Crippen LogP contribution is -2.59. The highest BCUT2D eigenvalue weighted by Crippen LogP contribution is 2.40. The van der Waals surface area contributed by atoms with Crippen LogP contribution in [0.15, 0.2) is 0 Å². The molecule has 2 heterocycles. The minimum absolute atomic E-state index is 0.247. The Morgan fingerprint density at radius 3 is 2.40 bits per heavy atom. The second-order valence-corrected chi connectivity index (χ2v) is 5.87. The Bertz CT molecular complexity index is 367. The van der Waals surface area contributed by atoms with Crippen molar-refractivity contribution in [3.8, 4) is 0 Å². The van der Waals surface area contributed by atoms with Crippen molar-refractivity contribution in [2.24, 2.45) is 0 Å². The van der Waals surface area contributed by atoms with Crippen molar-refractivity contribution in [3.63, 3.8) is 0 Å². The minimum Gasteiger partial charge on any atom is -0.310 e. The number of nitrogens with one attached hydrogen (secondary N) is 1. The molecule has 2 aliphatic rings. The van der Waals surface area contributed by atoms with E-state index in [1.54, 1.807) is 0 Å². The van der Waals surface area contributed by atoms with Crippen LogP contribution in [0.2, 0.25) is 0 Å². The smallest absolute Gasteiger partial charge is 0.310 e. The molecule has 15 heavy (non-hydrogen) atoms. The number of sulfonamides is 1. The van der Waals surface area contributed by atoms with E-state index in [1.807, 2.05) is 0 Å². The van der Waals surface area contributed by atoms with Crippen molar-refractivity contribution in [1.29, 1.82) is 0 Å². The third-order valence-corrected chi connectivity index (χ3v) is 4.17. The van der Waals surface area contributed by atoms with Crippen LogP contribution in [0.5, 0.6) is 0 Å². The quantitative estimate of drug-likeness (QED) is 0.702. The van der Waals surface area contributed by atoms with Crippen LogP contribution in [-0.2, 0) is 10.0 Å². The first-order chi connectivity index (χ1) is 6.71. The fourth-order valence-electron chi connectivity index (χ4n) is 2.44. The van der Waals surface area contributed by atoms with Crippen molar-refractivity contribution >= 4 is 10.0 Å². The van der Waals surface area contributed by atoms with Crippen LogP contribution in [0.1, 0.15) is 6.42 Å². The summed E-state index contributed by atoms with van der Waals surface area (Å²) >= 11 is 0. The van der Waals surface area contributed by atoms with E-state index in [4.69, 9.17) is 0 Å². The van der Waals surface area contributed by atoms with E-state index in [0.717, 1.165) is 6.26 Å².